The normalized spacial score (nSPS) is 16.9. The van der Waals surface area contributed by atoms with Gasteiger partial charge in [0, 0.05) is 31.6 Å². The van der Waals surface area contributed by atoms with Crippen LogP contribution in [0.5, 0.6) is 11.8 Å². The van der Waals surface area contributed by atoms with Gasteiger partial charge in [0.2, 0.25) is 0 Å². The number of amides is 1. The van der Waals surface area contributed by atoms with Gasteiger partial charge in [-0.05, 0) is 6.07 Å². The molecule has 1 aliphatic rings. The first-order valence-corrected chi connectivity index (χ1v) is 7.65. The molecule has 1 aliphatic heterocycles. The first-order valence-electron chi connectivity index (χ1n) is 7.27. The van der Waals surface area contributed by atoms with Gasteiger partial charge >= 0.3 is 0 Å². The van der Waals surface area contributed by atoms with Crippen molar-refractivity contribution in [2.45, 2.75) is 12.5 Å². The maximum Gasteiger partial charge on any atom is 0.278 e. The molecule has 8 nitrogen and oxygen atoms in total. The lowest BCUT2D eigenvalue weighted by atomic mass is 10.2. The van der Waals surface area contributed by atoms with Crippen LogP contribution >= 0.6 is 11.6 Å². The summed E-state index contributed by atoms with van der Waals surface area (Å²) in [6.07, 6.45) is 4.82. The summed E-state index contributed by atoms with van der Waals surface area (Å²) in [5.74, 6) is 0.381. The average molecular weight is 351 g/mol. The Morgan fingerprint density at radius 1 is 1.38 bits per heavy atom. The lowest BCUT2D eigenvalue weighted by Crippen LogP contribution is -2.31. The number of rotatable bonds is 4. The van der Waals surface area contributed by atoms with E-state index in [2.05, 4.69) is 15.0 Å². The van der Waals surface area contributed by atoms with Crippen LogP contribution in [-0.2, 0) is 0 Å². The number of carbonyl (C=O) groups is 1. The molecule has 1 amide bonds. The monoisotopic (exact) mass is 350 g/mol. The fourth-order valence-corrected chi connectivity index (χ4v) is 2.63. The lowest BCUT2D eigenvalue weighted by Gasteiger charge is -2.17. The highest BCUT2D eigenvalue weighted by atomic mass is 35.5. The Hall–Kier alpha value is -2.61. The molecule has 0 aliphatic carbocycles. The Morgan fingerprint density at radius 2 is 2.12 bits per heavy atom. The summed E-state index contributed by atoms with van der Waals surface area (Å²) in [5.41, 5.74) is -0.0945. The van der Waals surface area contributed by atoms with Crippen molar-refractivity contribution in [1.82, 2.24) is 19.9 Å². The van der Waals surface area contributed by atoms with E-state index in [0.717, 1.165) is 0 Å². The van der Waals surface area contributed by atoms with Crippen molar-refractivity contribution < 1.29 is 14.3 Å². The highest BCUT2D eigenvalue weighted by molar-refractivity contribution is 6.30. The van der Waals surface area contributed by atoms with Gasteiger partial charge < -0.3 is 19.4 Å². The third-order valence-corrected chi connectivity index (χ3v) is 3.92. The number of pyridine rings is 1. The van der Waals surface area contributed by atoms with E-state index in [1.54, 1.807) is 4.90 Å². The van der Waals surface area contributed by atoms with Crippen LogP contribution in [-0.4, -0.2) is 52.1 Å². The molecule has 3 rings (SSSR count). The van der Waals surface area contributed by atoms with Gasteiger partial charge in [-0.25, -0.2) is 9.97 Å². The highest BCUT2D eigenvalue weighted by Crippen LogP contribution is 2.24. The van der Waals surface area contributed by atoms with Crippen molar-refractivity contribution in [3.05, 3.63) is 45.6 Å². The summed E-state index contributed by atoms with van der Waals surface area (Å²) < 4.78 is 10.9. The molecular formula is C15H15ClN4O4. The van der Waals surface area contributed by atoms with Crippen LogP contribution < -0.4 is 15.0 Å². The highest BCUT2D eigenvalue weighted by Gasteiger charge is 2.29. The molecule has 2 aromatic rings. The molecule has 0 saturated carbocycles. The second kappa shape index (κ2) is 6.88. The molecule has 2 aromatic heterocycles. The van der Waals surface area contributed by atoms with E-state index in [4.69, 9.17) is 21.1 Å². The molecule has 0 radical (unpaired) electrons. The molecule has 0 aromatic carbocycles. The smallest absolute Gasteiger partial charge is 0.278 e. The zero-order valence-corrected chi connectivity index (χ0v) is 13.6. The number of methoxy groups -OCH3 is 1. The van der Waals surface area contributed by atoms with E-state index in [0.29, 0.717) is 36.8 Å². The van der Waals surface area contributed by atoms with E-state index in [-0.39, 0.29) is 17.0 Å². The number of carbonyl (C=O) groups excluding carboxylic acids is 1. The Labute approximate surface area is 142 Å². The third-order valence-electron chi connectivity index (χ3n) is 3.64. The number of ether oxygens (including phenoxy) is 2. The van der Waals surface area contributed by atoms with Crippen LogP contribution in [0.3, 0.4) is 0 Å². The van der Waals surface area contributed by atoms with E-state index in [9.17, 15) is 9.59 Å². The zero-order valence-electron chi connectivity index (χ0n) is 12.9. The number of nitrogens with zero attached hydrogens (tertiary/aromatic N) is 3. The van der Waals surface area contributed by atoms with Crippen molar-refractivity contribution in [3.63, 3.8) is 0 Å². The van der Waals surface area contributed by atoms with Gasteiger partial charge in [0.15, 0.2) is 0 Å². The number of H-pyrrole nitrogens is 1. The second-order valence-electron chi connectivity index (χ2n) is 5.22. The first-order chi connectivity index (χ1) is 11.6. The SMILES string of the molecule is COc1nccnc1O[C@H]1CCN(C(=O)c2c[nH]c(=O)c(Cl)c2)C1. The quantitative estimate of drug-likeness (QED) is 0.887. The van der Waals surface area contributed by atoms with Crippen LogP contribution in [0.4, 0.5) is 0 Å². The summed E-state index contributed by atoms with van der Waals surface area (Å²) >= 11 is 5.77. The summed E-state index contributed by atoms with van der Waals surface area (Å²) in [5, 5.41) is -0.0165. The fourth-order valence-electron chi connectivity index (χ4n) is 2.46. The van der Waals surface area contributed by atoms with Gasteiger partial charge in [-0.3, -0.25) is 9.59 Å². The van der Waals surface area contributed by atoms with Gasteiger partial charge in [-0.15, -0.1) is 0 Å². The Bertz CT molecular complexity index is 810. The molecular weight excluding hydrogens is 336 g/mol. The van der Waals surface area contributed by atoms with Crippen molar-refractivity contribution >= 4 is 17.5 Å². The number of nitrogens with one attached hydrogen (secondary N) is 1. The molecule has 126 valence electrons. The minimum Gasteiger partial charge on any atom is -0.477 e. The van der Waals surface area contributed by atoms with Crippen LogP contribution in [0.25, 0.3) is 0 Å². The van der Waals surface area contributed by atoms with Crippen molar-refractivity contribution in [1.29, 1.82) is 0 Å². The van der Waals surface area contributed by atoms with Crippen LogP contribution in [0, 0.1) is 0 Å². The Kier molecular flexibility index (Phi) is 4.66. The molecule has 0 unspecified atom stereocenters. The number of hydrogen-bond donors (Lipinski definition) is 1. The molecule has 9 heteroatoms. The molecule has 0 bridgehead atoms. The number of hydrogen-bond acceptors (Lipinski definition) is 6. The van der Waals surface area contributed by atoms with Gasteiger partial charge in [0.25, 0.3) is 23.2 Å². The predicted molar refractivity (Wildman–Crippen MR) is 85.6 cm³/mol. The molecule has 1 fully saturated rings. The van der Waals surface area contributed by atoms with Crippen LogP contribution in [0.15, 0.2) is 29.5 Å². The number of halogens is 1. The summed E-state index contributed by atoms with van der Waals surface area (Å²) in [4.78, 5) is 35.9. The maximum atomic E-state index is 12.5. The zero-order chi connectivity index (χ0) is 17.1. The third kappa shape index (κ3) is 3.33. The van der Waals surface area contributed by atoms with Crippen molar-refractivity contribution in [2.75, 3.05) is 20.2 Å². The maximum absolute atomic E-state index is 12.5. The molecule has 1 N–H and O–H groups in total. The molecule has 0 spiro atoms. The molecule has 1 atom stereocenters. The predicted octanol–water partition coefficient (Wildman–Crippen LogP) is 1.12. The minimum absolute atomic E-state index is 0.0165. The standard InChI is InChI=1S/C15H15ClN4O4/c1-23-13-14(18-4-3-17-13)24-10-2-5-20(8-10)15(22)9-6-11(16)12(21)19-7-9/h3-4,6-7,10H,2,5,8H2,1H3,(H,19,21)/t10-/m0/s1. The van der Waals surface area contributed by atoms with Crippen molar-refractivity contribution in [3.8, 4) is 11.8 Å². The Balaban J connectivity index is 1.67. The largest absolute Gasteiger partial charge is 0.477 e. The van der Waals surface area contributed by atoms with E-state index in [1.165, 1.54) is 31.8 Å². The second-order valence-corrected chi connectivity index (χ2v) is 5.62. The minimum atomic E-state index is -0.425. The molecule has 3 heterocycles. The summed E-state index contributed by atoms with van der Waals surface area (Å²) in [7, 11) is 1.49. The topological polar surface area (TPSA) is 97.4 Å². The molecule has 1 saturated heterocycles. The summed E-state index contributed by atoms with van der Waals surface area (Å²) in [6, 6.07) is 1.36. The van der Waals surface area contributed by atoms with Gasteiger partial charge in [0.1, 0.15) is 11.1 Å². The fraction of sp³-hybridized carbons (Fsp3) is 0.333. The number of aromatic nitrogens is 3. The number of aromatic amines is 1. The van der Waals surface area contributed by atoms with E-state index < -0.39 is 5.56 Å². The van der Waals surface area contributed by atoms with E-state index >= 15 is 0 Å². The Morgan fingerprint density at radius 3 is 2.83 bits per heavy atom. The van der Waals surface area contributed by atoms with Gasteiger partial charge in [-0.2, -0.15) is 0 Å². The molecule has 24 heavy (non-hydrogen) atoms. The van der Waals surface area contributed by atoms with Crippen LogP contribution in [0.1, 0.15) is 16.8 Å². The van der Waals surface area contributed by atoms with Gasteiger partial charge in [0.05, 0.1) is 19.2 Å². The number of likely N-dealkylation sites (tertiary alicyclic amines) is 1. The average Bonchev–Trinajstić information content (AvgIpc) is 3.05. The van der Waals surface area contributed by atoms with E-state index in [1.807, 2.05) is 0 Å². The van der Waals surface area contributed by atoms with Crippen molar-refractivity contribution in [2.24, 2.45) is 0 Å². The first kappa shape index (κ1) is 16.3. The van der Waals surface area contributed by atoms with Crippen LogP contribution in [0.2, 0.25) is 5.02 Å². The van der Waals surface area contributed by atoms with Gasteiger partial charge in [-0.1, -0.05) is 11.6 Å². The summed E-state index contributed by atoms with van der Waals surface area (Å²) in [6.45, 7) is 0.929. The lowest BCUT2D eigenvalue weighted by molar-refractivity contribution is 0.0769.